The van der Waals surface area contributed by atoms with E-state index in [9.17, 15) is 10.5 Å². The van der Waals surface area contributed by atoms with Crippen molar-refractivity contribution in [2.45, 2.75) is 6.04 Å². The maximum absolute atomic E-state index is 9.30. The Kier molecular flexibility index (Phi) is 5.06. The summed E-state index contributed by atoms with van der Waals surface area (Å²) in [5.41, 5.74) is 8.49. The molecule has 2 aromatic carbocycles. The number of nitrogens with zero attached hydrogens (tertiary/aromatic N) is 2. The molecule has 0 aliphatic carbocycles. The summed E-state index contributed by atoms with van der Waals surface area (Å²) in [6.45, 7) is 1.09. The third-order valence-electron chi connectivity index (χ3n) is 3.28. The SMILES string of the molecule is N#Cc1ccccc1C(NCCN)c1ccccc1C#N. The molecule has 0 radical (unpaired) electrons. The molecular formula is C17H16N4. The number of nitrogens with one attached hydrogen (secondary N) is 1. The van der Waals surface area contributed by atoms with Gasteiger partial charge in [-0.1, -0.05) is 36.4 Å². The maximum atomic E-state index is 9.30. The van der Waals surface area contributed by atoms with Crippen molar-refractivity contribution in [3.05, 3.63) is 70.8 Å². The zero-order chi connectivity index (χ0) is 15.1. The van der Waals surface area contributed by atoms with E-state index in [1.807, 2.05) is 36.4 Å². The highest BCUT2D eigenvalue weighted by molar-refractivity contribution is 5.48. The molecule has 0 aliphatic rings. The predicted octanol–water partition coefficient (Wildman–Crippen LogP) is 2.07. The third kappa shape index (κ3) is 3.27. The van der Waals surface area contributed by atoms with Crippen molar-refractivity contribution in [1.29, 1.82) is 10.5 Å². The van der Waals surface area contributed by atoms with E-state index in [1.54, 1.807) is 12.1 Å². The largest absolute Gasteiger partial charge is 0.329 e. The van der Waals surface area contributed by atoms with E-state index in [0.717, 1.165) is 11.1 Å². The van der Waals surface area contributed by atoms with Crippen LogP contribution in [0.5, 0.6) is 0 Å². The van der Waals surface area contributed by atoms with Gasteiger partial charge in [0.05, 0.1) is 29.3 Å². The van der Waals surface area contributed by atoms with Gasteiger partial charge in [0.1, 0.15) is 0 Å². The molecule has 0 aliphatic heterocycles. The van der Waals surface area contributed by atoms with Crippen molar-refractivity contribution < 1.29 is 0 Å². The summed E-state index contributed by atoms with van der Waals surface area (Å²) in [7, 11) is 0. The monoisotopic (exact) mass is 276 g/mol. The Morgan fingerprint density at radius 1 is 0.905 bits per heavy atom. The van der Waals surface area contributed by atoms with Crippen LogP contribution >= 0.6 is 0 Å². The van der Waals surface area contributed by atoms with Crippen LogP contribution in [0.1, 0.15) is 28.3 Å². The van der Waals surface area contributed by atoms with Crippen LogP contribution in [0.2, 0.25) is 0 Å². The Balaban J connectivity index is 2.54. The van der Waals surface area contributed by atoms with Gasteiger partial charge in [-0.3, -0.25) is 0 Å². The van der Waals surface area contributed by atoms with Crippen LogP contribution in [0.25, 0.3) is 0 Å². The van der Waals surface area contributed by atoms with Crippen LogP contribution in [0.3, 0.4) is 0 Å². The van der Waals surface area contributed by atoms with Gasteiger partial charge in [-0.25, -0.2) is 0 Å². The molecule has 0 fully saturated rings. The second-order valence-corrected chi connectivity index (χ2v) is 4.57. The van der Waals surface area contributed by atoms with Crippen LogP contribution in [-0.2, 0) is 0 Å². The van der Waals surface area contributed by atoms with E-state index in [0.29, 0.717) is 24.2 Å². The van der Waals surface area contributed by atoms with Crippen LogP contribution in [0.15, 0.2) is 48.5 Å². The smallest absolute Gasteiger partial charge is 0.0995 e. The van der Waals surface area contributed by atoms with Crippen molar-refractivity contribution in [2.24, 2.45) is 5.73 Å². The van der Waals surface area contributed by atoms with Crippen LogP contribution in [0.4, 0.5) is 0 Å². The number of hydrogen-bond acceptors (Lipinski definition) is 4. The molecule has 0 saturated heterocycles. The van der Waals surface area contributed by atoms with Gasteiger partial charge in [0.15, 0.2) is 0 Å². The van der Waals surface area contributed by atoms with Gasteiger partial charge in [-0.2, -0.15) is 10.5 Å². The number of benzene rings is 2. The molecule has 0 spiro atoms. The lowest BCUT2D eigenvalue weighted by Gasteiger charge is -2.21. The van der Waals surface area contributed by atoms with Gasteiger partial charge in [0.2, 0.25) is 0 Å². The molecule has 0 saturated carbocycles. The van der Waals surface area contributed by atoms with Crippen LogP contribution in [-0.4, -0.2) is 13.1 Å². The van der Waals surface area contributed by atoms with Gasteiger partial charge in [-0.05, 0) is 23.3 Å². The fourth-order valence-electron chi connectivity index (χ4n) is 2.32. The van der Waals surface area contributed by atoms with Crippen molar-refractivity contribution in [3.8, 4) is 12.1 Å². The first-order valence-corrected chi connectivity index (χ1v) is 6.73. The third-order valence-corrected chi connectivity index (χ3v) is 3.28. The highest BCUT2D eigenvalue weighted by Gasteiger charge is 2.19. The lowest BCUT2D eigenvalue weighted by molar-refractivity contribution is 0.610. The van der Waals surface area contributed by atoms with Gasteiger partial charge < -0.3 is 11.1 Å². The molecule has 2 rings (SSSR count). The predicted molar refractivity (Wildman–Crippen MR) is 81.2 cm³/mol. The standard InChI is InChI=1S/C17H16N4/c18-9-10-21-17(15-7-3-1-5-13(15)11-19)16-8-4-2-6-14(16)12-20/h1-8,17,21H,9-10,18H2. The van der Waals surface area contributed by atoms with Gasteiger partial charge >= 0.3 is 0 Å². The Morgan fingerprint density at radius 2 is 1.38 bits per heavy atom. The summed E-state index contributed by atoms with van der Waals surface area (Å²) in [4.78, 5) is 0. The Morgan fingerprint density at radius 3 is 1.81 bits per heavy atom. The van der Waals surface area contributed by atoms with Crippen molar-refractivity contribution in [3.63, 3.8) is 0 Å². The molecular weight excluding hydrogens is 260 g/mol. The second-order valence-electron chi connectivity index (χ2n) is 4.57. The summed E-state index contributed by atoms with van der Waals surface area (Å²) in [6, 6.07) is 19.0. The molecule has 104 valence electrons. The van der Waals surface area contributed by atoms with E-state index in [-0.39, 0.29) is 6.04 Å². The molecule has 0 aromatic heterocycles. The number of nitriles is 2. The van der Waals surface area contributed by atoms with E-state index in [2.05, 4.69) is 17.5 Å². The molecule has 0 bridgehead atoms. The lowest BCUT2D eigenvalue weighted by Crippen LogP contribution is -2.29. The van der Waals surface area contributed by atoms with E-state index in [1.165, 1.54) is 0 Å². The first-order valence-electron chi connectivity index (χ1n) is 6.73. The van der Waals surface area contributed by atoms with Crippen molar-refractivity contribution in [2.75, 3.05) is 13.1 Å². The van der Waals surface area contributed by atoms with Gasteiger partial charge in [-0.15, -0.1) is 0 Å². The topological polar surface area (TPSA) is 85.6 Å². The van der Waals surface area contributed by atoms with Crippen molar-refractivity contribution >= 4 is 0 Å². The van der Waals surface area contributed by atoms with Gasteiger partial charge in [0, 0.05) is 13.1 Å². The number of rotatable bonds is 5. The molecule has 4 heteroatoms. The highest BCUT2D eigenvalue weighted by atomic mass is 14.9. The second kappa shape index (κ2) is 7.21. The molecule has 0 amide bonds. The molecule has 4 nitrogen and oxygen atoms in total. The van der Waals surface area contributed by atoms with Gasteiger partial charge in [0.25, 0.3) is 0 Å². The van der Waals surface area contributed by atoms with E-state index in [4.69, 9.17) is 5.73 Å². The summed E-state index contributed by atoms with van der Waals surface area (Å²) < 4.78 is 0. The number of nitrogens with two attached hydrogens (primary N) is 1. The fourth-order valence-corrected chi connectivity index (χ4v) is 2.32. The Bertz CT molecular complexity index is 637. The normalized spacial score (nSPS) is 10.1. The van der Waals surface area contributed by atoms with E-state index >= 15 is 0 Å². The molecule has 21 heavy (non-hydrogen) atoms. The zero-order valence-corrected chi connectivity index (χ0v) is 11.6. The molecule has 0 heterocycles. The molecule has 3 N–H and O–H groups in total. The van der Waals surface area contributed by atoms with Crippen LogP contribution < -0.4 is 11.1 Å². The van der Waals surface area contributed by atoms with Crippen molar-refractivity contribution in [1.82, 2.24) is 5.32 Å². The minimum absolute atomic E-state index is 0.222. The summed E-state index contributed by atoms with van der Waals surface area (Å²) in [5, 5.41) is 21.9. The summed E-state index contributed by atoms with van der Waals surface area (Å²) >= 11 is 0. The zero-order valence-electron chi connectivity index (χ0n) is 11.6. The quantitative estimate of drug-likeness (QED) is 0.875. The fraction of sp³-hybridized carbons (Fsp3) is 0.176. The first kappa shape index (κ1) is 14.7. The average molecular weight is 276 g/mol. The highest BCUT2D eigenvalue weighted by Crippen LogP contribution is 2.27. The maximum Gasteiger partial charge on any atom is 0.0995 e. The molecule has 2 aromatic rings. The Labute approximate surface area is 124 Å². The summed E-state index contributed by atoms with van der Waals surface area (Å²) in [6.07, 6.45) is 0. The van der Waals surface area contributed by atoms with E-state index < -0.39 is 0 Å². The average Bonchev–Trinajstić information content (AvgIpc) is 2.56. The van der Waals surface area contributed by atoms with Crippen LogP contribution in [0, 0.1) is 22.7 Å². The molecule has 0 atom stereocenters. The lowest BCUT2D eigenvalue weighted by atomic mass is 9.92. The minimum Gasteiger partial charge on any atom is -0.329 e. The summed E-state index contributed by atoms with van der Waals surface area (Å²) in [5.74, 6) is 0. The molecule has 0 unspecified atom stereocenters. The Hall–Kier alpha value is -2.66. The first-order chi connectivity index (χ1) is 10.3. The minimum atomic E-state index is -0.222. The number of hydrogen-bond donors (Lipinski definition) is 2.